The van der Waals surface area contributed by atoms with Gasteiger partial charge in [0.1, 0.15) is 0 Å². The molecule has 2 aliphatic rings. The Labute approximate surface area is 85.3 Å². The maximum atomic E-state index is 5.83. The lowest BCUT2D eigenvalue weighted by atomic mass is 9.74. The second kappa shape index (κ2) is 2.83. The van der Waals surface area contributed by atoms with Gasteiger partial charge in [0.25, 0.3) is 0 Å². The predicted molar refractivity (Wildman–Crippen MR) is 58.4 cm³/mol. The first-order valence-electron chi connectivity index (χ1n) is 5.65. The van der Waals surface area contributed by atoms with Crippen molar-refractivity contribution < 1.29 is 0 Å². The molecule has 0 aromatic heterocycles. The summed E-state index contributed by atoms with van der Waals surface area (Å²) in [7, 11) is 0. The van der Waals surface area contributed by atoms with Crippen LogP contribution in [0, 0.1) is 0 Å². The lowest BCUT2D eigenvalue weighted by molar-refractivity contribution is 0.475. The van der Waals surface area contributed by atoms with Crippen LogP contribution >= 0.6 is 0 Å². The zero-order chi connectivity index (χ0) is 9.60. The summed E-state index contributed by atoms with van der Waals surface area (Å²) in [6.07, 6.45) is 5.47. The van der Waals surface area contributed by atoms with Gasteiger partial charge in [-0.05, 0) is 54.7 Å². The first-order valence-corrected chi connectivity index (χ1v) is 5.65. The third kappa shape index (κ3) is 1.05. The SMILES string of the molecule is NCC1CCC2(CC2)c2ccccc21. The van der Waals surface area contributed by atoms with Gasteiger partial charge in [-0.1, -0.05) is 24.3 Å². The number of rotatable bonds is 1. The number of nitrogens with two attached hydrogens (primary N) is 1. The van der Waals surface area contributed by atoms with Crippen LogP contribution in [0.1, 0.15) is 42.7 Å². The first kappa shape index (κ1) is 8.49. The van der Waals surface area contributed by atoms with Crippen molar-refractivity contribution >= 4 is 0 Å². The molecule has 1 nitrogen and oxygen atoms in total. The molecule has 1 spiro atoms. The van der Waals surface area contributed by atoms with Gasteiger partial charge in [-0.3, -0.25) is 0 Å². The molecule has 0 heterocycles. The molecule has 74 valence electrons. The Kier molecular flexibility index (Phi) is 1.72. The van der Waals surface area contributed by atoms with Crippen molar-refractivity contribution in [1.82, 2.24) is 0 Å². The van der Waals surface area contributed by atoms with Crippen molar-refractivity contribution in [2.75, 3.05) is 6.54 Å². The van der Waals surface area contributed by atoms with Crippen LogP contribution in [0.15, 0.2) is 24.3 Å². The van der Waals surface area contributed by atoms with Gasteiger partial charge in [-0.25, -0.2) is 0 Å². The molecule has 1 heteroatoms. The molecule has 1 saturated carbocycles. The molecule has 1 aromatic carbocycles. The van der Waals surface area contributed by atoms with Gasteiger partial charge in [0.05, 0.1) is 0 Å². The largest absolute Gasteiger partial charge is 0.330 e. The molecule has 0 amide bonds. The molecule has 1 fully saturated rings. The normalized spacial score (nSPS) is 27.4. The minimum Gasteiger partial charge on any atom is -0.330 e. The number of hydrogen-bond donors (Lipinski definition) is 1. The maximum absolute atomic E-state index is 5.83. The van der Waals surface area contributed by atoms with E-state index in [1.807, 2.05) is 0 Å². The van der Waals surface area contributed by atoms with Gasteiger partial charge in [0.2, 0.25) is 0 Å². The molecule has 3 rings (SSSR count). The van der Waals surface area contributed by atoms with E-state index in [1.165, 1.54) is 25.7 Å². The molecule has 0 aliphatic heterocycles. The standard InChI is InChI=1S/C13H17N/c14-9-10-5-6-13(7-8-13)12-4-2-1-3-11(10)12/h1-4,10H,5-9,14H2. The van der Waals surface area contributed by atoms with E-state index < -0.39 is 0 Å². The molecule has 0 radical (unpaired) electrons. The second-order valence-electron chi connectivity index (χ2n) is 4.84. The molecule has 0 saturated heterocycles. The van der Waals surface area contributed by atoms with Crippen molar-refractivity contribution in [1.29, 1.82) is 0 Å². The van der Waals surface area contributed by atoms with Crippen LogP contribution in [-0.2, 0) is 5.41 Å². The van der Waals surface area contributed by atoms with Gasteiger partial charge in [-0.2, -0.15) is 0 Å². The van der Waals surface area contributed by atoms with Crippen LogP contribution in [0.5, 0.6) is 0 Å². The molecule has 1 unspecified atom stereocenters. The number of fused-ring (bicyclic) bond motifs is 2. The van der Waals surface area contributed by atoms with Crippen molar-refractivity contribution in [3.63, 3.8) is 0 Å². The van der Waals surface area contributed by atoms with Gasteiger partial charge in [0.15, 0.2) is 0 Å². The fourth-order valence-electron chi connectivity index (χ4n) is 2.99. The van der Waals surface area contributed by atoms with Crippen LogP contribution in [0.2, 0.25) is 0 Å². The van der Waals surface area contributed by atoms with E-state index in [0.29, 0.717) is 11.3 Å². The summed E-state index contributed by atoms with van der Waals surface area (Å²) < 4.78 is 0. The van der Waals surface area contributed by atoms with Gasteiger partial charge >= 0.3 is 0 Å². The molecule has 1 atom stereocenters. The average Bonchev–Trinajstić information content (AvgIpc) is 3.00. The van der Waals surface area contributed by atoms with Crippen molar-refractivity contribution in [2.45, 2.75) is 37.0 Å². The smallest absolute Gasteiger partial charge is 0.000813 e. The fourth-order valence-corrected chi connectivity index (χ4v) is 2.99. The Hall–Kier alpha value is -0.820. The quantitative estimate of drug-likeness (QED) is 0.718. The van der Waals surface area contributed by atoms with Crippen LogP contribution in [0.3, 0.4) is 0 Å². The van der Waals surface area contributed by atoms with Crippen molar-refractivity contribution in [3.8, 4) is 0 Å². The highest BCUT2D eigenvalue weighted by atomic mass is 14.6. The summed E-state index contributed by atoms with van der Waals surface area (Å²) in [5.41, 5.74) is 9.57. The van der Waals surface area contributed by atoms with Gasteiger partial charge < -0.3 is 5.73 Å². The summed E-state index contributed by atoms with van der Waals surface area (Å²) in [6.45, 7) is 0.813. The summed E-state index contributed by atoms with van der Waals surface area (Å²) in [4.78, 5) is 0. The zero-order valence-corrected chi connectivity index (χ0v) is 8.50. The molecule has 14 heavy (non-hydrogen) atoms. The molecule has 0 bridgehead atoms. The lowest BCUT2D eigenvalue weighted by Crippen LogP contribution is -2.24. The number of hydrogen-bond acceptors (Lipinski definition) is 1. The van der Waals surface area contributed by atoms with E-state index in [9.17, 15) is 0 Å². The maximum Gasteiger partial charge on any atom is -0.000813 e. The summed E-state index contributed by atoms with van der Waals surface area (Å²) in [5.74, 6) is 0.623. The monoisotopic (exact) mass is 187 g/mol. The Morgan fingerprint density at radius 2 is 2.00 bits per heavy atom. The van der Waals surface area contributed by atoms with Crippen LogP contribution < -0.4 is 5.73 Å². The van der Waals surface area contributed by atoms with Gasteiger partial charge in [0, 0.05) is 0 Å². The zero-order valence-electron chi connectivity index (χ0n) is 8.50. The fraction of sp³-hybridized carbons (Fsp3) is 0.538. The summed E-state index contributed by atoms with van der Waals surface area (Å²) in [5, 5.41) is 0. The summed E-state index contributed by atoms with van der Waals surface area (Å²) >= 11 is 0. The predicted octanol–water partition coefficient (Wildman–Crippen LogP) is 2.55. The summed E-state index contributed by atoms with van der Waals surface area (Å²) in [6, 6.07) is 8.94. The average molecular weight is 187 g/mol. The molecule has 1 aromatic rings. The highest BCUT2D eigenvalue weighted by Gasteiger charge is 2.47. The third-order valence-corrected chi connectivity index (χ3v) is 4.08. The molecule has 2 N–H and O–H groups in total. The van der Waals surface area contributed by atoms with Crippen molar-refractivity contribution in [2.24, 2.45) is 5.73 Å². The highest BCUT2D eigenvalue weighted by Crippen LogP contribution is 2.57. The van der Waals surface area contributed by atoms with Crippen molar-refractivity contribution in [3.05, 3.63) is 35.4 Å². The van der Waals surface area contributed by atoms with E-state index in [1.54, 1.807) is 11.1 Å². The Bertz CT molecular complexity index is 352. The molecular weight excluding hydrogens is 170 g/mol. The number of benzene rings is 1. The highest BCUT2D eigenvalue weighted by molar-refractivity contribution is 5.43. The van der Waals surface area contributed by atoms with E-state index in [2.05, 4.69) is 24.3 Å². The van der Waals surface area contributed by atoms with E-state index in [4.69, 9.17) is 5.73 Å². The Balaban J connectivity index is 2.10. The van der Waals surface area contributed by atoms with Gasteiger partial charge in [-0.15, -0.1) is 0 Å². The minimum absolute atomic E-state index is 0.586. The van der Waals surface area contributed by atoms with E-state index in [-0.39, 0.29) is 0 Å². The first-order chi connectivity index (χ1) is 6.86. The topological polar surface area (TPSA) is 26.0 Å². The van der Waals surface area contributed by atoms with E-state index >= 15 is 0 Å². The molecular formula is C13H17N. The Morgan fingerprint density at radius 1 is 1.21 bits per heavy atom. The Morgan fingerprint density at radius 3 is 2.71 bits per heavy atom. The van der Waals surface area contributed by atoms with Crippen LogP contribution in [0.25, 0.3) is 0 Å². The molecule has 2 aliphatic carbocycles. The van der Waals surface area contributed by atoms with Crippen LogP contribution in [-0.4, -0.2) is 6.54 Å². The lowest BCUT2D eigenvalue weighted by Gasteiger charge is -2.31. The van der Waals surface area contributed by atoms with Crippen LogP contribution in [0.4, 0.5) is 0 Å². The minimum atomic E-state index is 0.586. The van der Waals surface area contributed by atoms with E-state index in [0.717, 1.165) is 6.54 Å². The second-order valence-corrected chi connectivity index (χ2v) is 4.84. The third-order valence-electron chi connectivity index (χ3n) is 4.08.